The van der Waals surface area contributed by atoms with Crippen LogP contribution < -0.4 is 4.74 Å². The summed E-state index contributed by atoms with van der Waals surface area (Å²) in [5.41, 5.74) is 2.48. The predicted octanol–water partition coefficient (Wildman–Crippen LogP) is 3.25. The fourth-order valence-electron chi connectivity index (χ4n) is 4.58. The van der Waals surface area contributed by atoms with E-state index < -0.39 is 0 Å². The molecule has 0 saturated carbocycles. The molecule has 0 radical (unpaired) electrons. The van der Waals surface area contributed by atoms with Crippen molar-refractivity contribution in [2.24, 2.45) is 0 Å². The average molecular weight is 357 g/mol. The normalized spacial score (nSPS) is 26.4. The van der Waals surface area contributed by atoms with Crippen molar-refractivity contribution in [2.75, 3.05) is 33.3 Å². The Labute approximate surface area is 156 Å². The lowest BCUT2D eigenvalue weighted by Gasteiger charge is -2.43. The number of H-pyrrole nitrogens is 1. The van der Waals surface area contributed by atoms with Crippen LogP contribution in [0.1, 0.15) is 32.4 Å². The van der Waals surface area contributed by atoms with E-state index in [4.69, 9.17) is 9.47 Å². The molecule has 2 aromatic rings. The monoisotopic (exact) mass is 357 g/mol. The van der Waals surface area contributed by atoms with Gasteiger partial charge in [-0.05, 0) is 51.0 Å². The SMILES string of the molecule is COc1ccc2[nH]c(CN3CCC(N4C[C@@H](C)O[C@H](C)C4)CC3)cc2c1. The van der Waals surface area contributed by atoms with E-state index >= 15 is 0 Å². The molecule has 5 heteroatoms. The van der Waals surface area contributed by atoms with Crippen molar-refractivity contribution in [1.82, 2.24) is 14.8 Å². The van der Waals surface area contributed by atoms with Gasteiger partial charge in [0.05, 0.1) is 19.3 Å². The first-order valence-corrected chi connectivity index (χ1v) is 9.88. The van der Waals surface area contributed by atoms with Crippen molar-refractivity contribution in [1.29, 1.82) is 0 Å². The second-order valence-corrected chi connectivity index (χ2v) is 7.97. The number of nitrogens with one attached hydrogen (secondary N) is 1. The maximum Gasteiger partial charge on any atom is 0.119 e. The minimum absolute atomic E-state index is 0.361. The van der Waals surface area contributed by atoms with Gasteiger partial charge >= 0.3 is 0 Å². The lowest BCUT2D eigenvalue weighted by atomic mass is 10.0. The lowest BCUT2D eigenvalue weighted by molar-refractivity contribution is -0.0866. The molecule has 2 atom stereocenters. The van der Waals surface area contributed by atoms with Gasteiger partial charge in [0.2, 0.25) is 0 Å². The molecule has 2 saturated heterocycles. The molecule has 0 unspecified atom stereocenters. The fourth-order valence-corrected chi connectivity index (χ4v) is 4.58. The number of ether oxygens (including phenoxy) is 2. The van der Waals surface area contributed by atoms with Crippen LogP contribution in [-0.2, 0) is 11.3 Å². The van der Waals surface area contributed by atoms with Gasteiger partial charge < -0.3 is 14.5 Å². The van der Waals surface area contributed by atoms with Crippen molar-refractivity contribution < 1.29 is 9.47 Å². The van der Waals surface area contributed by atoms with Gasteiger partial charge in [0, 0.05) is 55.4 Å². The number of benzene rings is 1. The number of hydrogen-bond donors (Lipinski definition) is 1. The zero-order valence-electron chi connectivity index (χ0n) is 16.2. The first kappa shape index (κ1) is 17.8. The lowest BCUT2D eigenvalue weighted by Crippen LogP contribution is -2.53. The minimum atomic E-state index is 0.361. The number of nitrogens with zero attached hydrogens (tertiary/aromatic N) is 2. The molecule has 0 aliphatic carbocycles. The highest BCUT2D eigenvalue weighted by molar-refractivity contribution is 5.81. The van der Waals surface area contributed by atoms with Crippen molar-refractivity contribution in [3.05, 3.63) is 30.0 Å². The number of aromatic amines is 1. The number of hydrogen-bond acceptors (Lipinski definition) is 4. The molecule has 1 aromatic carbocycles. The van der Waals surface area contributed by atoms with E-state index in [1.54, 1.807) is 7.11 Å². The van der Waals surface area contributed by atoms with Crippen LogP contribution in [0.5, 0.6) is 5.75 Å². The van der Waals surface area contributed by atoms with Crippen LogP contribution in [0, 0.1) is 0 Å². The van der Waals surface area contributed by atoms with Crippen molar-refractivity contribution in [3.8, 4) is 5.75 Å². The molecule has 2 aliphatic heterocycles. The van der Waals surface area contributed by atoms with E-state index in [1.165, 1.54) is 42.5 Å². The summed E-state index contributed by atoms with van der Waals surface area (Å²) in [6.07, 6.45) is 3.24. The molecule has 2 aliphatic rings. The standard InChI is InChI=1S/C21H31N3O2/c1-15-12-24(13-16(2)26-15)19-6-8-23(9-7-19)14-18-10-17-11-20(25-3)4-5-21(17)22-18/h4-5,10-11,15-16,19,22H,6-9,12-14H2,1-3H3/t15-,16-/m1/s1. The molecule has 1 aromatic heterocycles. The smallest absolute Gasteiger partial charge is 0.119 e. The van der Waals surface area contributed by atoms with Crippen LogP contribution in [0.2, 0.25) is 0 Å². The van der Waals surface area contributed by atoms with E-state index in [9.17, 15) is 0 Å². The number of piperidine rings is 1. The van der Waals surface area contributed by atoms with Crippen LogP contribution in [-0.4, -0.2) is 66.3 Å². The van der Waals surface area contributed by atoms with Crippen LogP contribution >= 0.6 is 0 Å². The Kier molecular flexibility index (Phi) is 5.20. The topological polar surface area (TPSA) is 40.7 Å². The Morgan fingerprint density at radius 3 is 2.54 bits per heavy atom. The zero-order valence-corrected chi connectivity index (χ0v) is 16.2. The first-order valence-electron chi connectivity index (χ1n) is 9.88. The summed E-state index contributed by atoms with van der Waals surface area (Å²) in [5, 5.41) is 1.23. The quantitative estimate of drug-likeness (QED) is 0.912. The molecule has 0 spiro atoms. The van der Waals surface area contributed by atoms with Gasteiger partial charge in [0.25, 0.3) is 0 Å². The van der Waals surface area contributed by atoms with Gasteiger partial charge in [-0.15, -0.1) is 0 Å². The second kappa shape index (κ2) is 7.59. The third-order valence-corrected chi connectivity index (χ3v) is 5.80. The molecular weight excluding hydrogens is 326 g/mol. The van der Waals surface area contributed by atoms with Gasteiger partial charge in [0.15, 0.2) is 0 Å². The van der Waals surface area contributed by atoms with Gasteiger partial charge in [-0.2, -0.15) is 0 Å². The van der Waals surface area contributed by atoms with Crippen LogP contribution in [0.3, 0.4) is 0 Å². The summed E-state index contributed by atoms with van der Waals surface area (Å²) in [4.78, 5) is 8.79. The average Bonchev–Trinajstić information content (AvgIpc) is 3.02. The van der Waals surface area contributed by atoms with Gasteiger partial charge in [-0.25, -0.2) is 0 Å². The van der Waals surface area contributed by atoms with Crippen LogP contribution in [0.4, 0.5) is 0 Å². The Hall–Kier alpha value is -1.56. The number of morpholine rings is 1. The predicted molar refractivity (Wildman–Crippen MR) is 105 cm³/mol. The van der Waals surface area contributed by atoms with Crippen molar-refractivity contribution in [2.45, 2.75) is 51.5 Å². The molecule has 0 bridgehead atoms. The summed E-state index contributed by atoms with van der Waals surface area (Å²) >= 11 is 0. The van der Waals surface area contributed by atoms with E-state index in [0.717, 1.165) is 25.4 Å². The molecule has 0 amide bonds. The van der Waals surface area contributed by atoms with Crippen LogP contribution in [0.25, 0.3) is 10.9 Å². The number of likely N-dealkylation sites (tertiary alicyclic amines) is 1. The zero-order chi connectivity index (χ0) is 18.1. The van der Waals surface area contributed by atoms with E-state index in [2.05, 4.69) is 46.8 Å². The summed E-state index contributed by atoms with van der Waals surface area (Å²) in [6, 6.07) is 9.19. The van der Waals surface area contributed by atoms with Crippen molar-refractivity contribution in [3.63, 3.8) is 0 Å². The number of aromatic nitrogens is 1. The Balaban J connectivity index is 1.33. The van der Waals surface area contributed by atoms with E-state index in [-0.39, 0.29) is 0 Å². The second-order valence-electron chi connectivity index (χ2n) is 7.97. The van der Waals surface area contributed by atoms with Gasteiger partial charge in [-0.3, -0.25) is 9.80 Å². The maximum atomic E-state index is 5.89. The highest BCUT2D eigenvalue weighted by Gasteiger charge is 2.30. The van der Waals surface area contributed by atoms with E-state index in [1.807, 2.05) is 6.07 Å². The maximum absolute atomic E-state index is 5.89. The third-order valence-electron chi connectivity index (χ3n) is 5.80. The first-order chi connectivity index (χ1) is 12.6. The highest BCUT2D eigenvalue weighted by Crippen LogP contribution is 2.25. The summed E-state index contributed by atoms with van der Waals surface area (Å²) in [5.74, 6) is 0.915. The summed E-state index contributed by atoms with van der Waals surface area (Å²) in [6.45, 7) is 9.90. The van der Waals surface area contributed by atoms with E-state index in [0.29, 0.717) is 18.2 Å². The minimum Gasteiger partial charge on any atom is -0.497 e. The Morgan fingerprint density at radius 2 is 1.85 bits per heavy atom. The molecule has 4 rings (SSSR count). The molecule has 1 N–H and O–H groups in total. The Morgan fingerprint density at radius 1 is 1.12 bits per heavy atom. The molecule has 5 nitrogen and oxygen atoms in total. The van der Waals surface area contributed by atoms with Gasteiger partial charge in [-0.1, -0.05) is 0 Å². The van der Waals surface area contributed by atoms with Crippen LogP contribution in [0.15, 0.2) is 24.3 Å². The number of fused-ring (bicyclic) bond motifs is 1. The fraction of sp³-hybridized carbons (Fsp3) is 0.619. The largest absolute Gasteiger partial charge is 0.497 e. The molecule has 26 heavy (non-hydrogen) atoms. The molecule has 3 heterocycles. The van der Waals surface area contributed by atoms with Crippen molar-refractivity contribution >= 4 is 10.9 Å². The summed E-state index contributed by atoms with van der Waals surface area (Å²) < 4.78 is 11.2. The third kappa shape index (κ3) is 3.90. The molecule has 2 fully saturated rings. The number of methoxy groups -OCH3 is 1. The highest BCUT2D eigenvalue weighted by atomic mass is 16.5. The number of rotatable bonds is 4. The molecular formula is C21H31N3O2. The Bertz CT molecular complexity index is 726. The van der Waals surface area contributed by atoms with Gasteiger partial charge in [0.1, 0.15) is 5.75 Å². The molecule has 142 valence electrons. The summed E-state index contributed by atoms with van der Waals surface area (Å²) in [7, 11) is 1.72.